The van der Waals surface area contributed by atoms with Crippen LogP contribution in [0.25, 0.3) is 11.0 Å². The van der Waals surface area contributed by atoms with E-state index in [9.17, 15) is 14.4 Å². The average molecular weight is 371 g/mol. The van der Waals surface area contributed by atoms with Crippen molar-refractivity contribution in [3.05, 3.63) is 67.7 Å². The number of hydrogen-bond donors (Lipinski definition) is 1. The van der Waals surface area contributed by atoms with E-state index in [1.54, 1.807) is 12.1 Å². The number of esters is 1. The molecular weight excluding hydrogens is 354 g/mol. The van der Waals surface area contributed by atoms with Crippen molar-refractivity contribution in [2.75, 3.05) is 6.54 Å². The molecule has 0 saturated heterocycles. The van der Waals surface area contributed by atoms with Crippen molar-refractivity contribution in [3.8, 4) is 0 Å². The molecule has 0 saturated carbocycles. The first kappa shape index (κ1) is 17.9. The van der Waals surface area contributed by atoms with Crippen molar-refractivity contribution in [2.24, 2.45) is 0 Å². The van der Waals surface area contributed by atoms with Crippen molar-refractivity contribution in [2.45, 2.75) is 20.5 Å². The van der Waals surface area contributed by atoms with Crippen LogP contribution >= 0.6 is 11.3 Å². The van der Waals surface area contributed by atoms with Gasteiger partial charge in [0.15, 0.2) is 0 Å². The fraction of sp³-hybridized carbons (Fsp3) is 0.211. The number of carbonyl (C=O) groups is 2. The number of amides is 1. The Kier molecular flexibility index (Phi) is 5.18. The van der Waals surface area contributed by atoms with E-state index in [0.29, 0.717) is 21.4 Å². The monoisotopic (exact) mass is 371 g/mol. The molecule has 0 radical (unpaired) electrons. The van der Waals surface area contributed by atoms with Gasteiger partial charge in [-0.25, -0.2) is 4.79 Å². The van der Waals surface area contributed by atoms with Crippen LogP contribution in [-0.4, -0.2) is 18.4 Å². The highest BCUT2D eigenvalue weighted by Gasteiger charge is 2.12. The van der Waals surface area contributed by atoms with E-state index in [0.717, 1.165) is 10.4 Å². The average Bonchev–Trinajstić information content (AvgIpc) is 3.03. The van der Waals surface area contributed by atoms with Crippen LogP contribution in [0.15, 0.2) is 45.6 Å². The minimum atomic E-state index is -0.583. The molecular formula is C19H17NO5S. The van der Waals surface area contributed by atoms with Crippen LogP contribution in [0.4, 0.5) is 0 Å². The Morgan fingerprint density at radius 1 is 1.15 bits per heavy atom. The molecule has 7 heteroatoms. The van der Waals surface area contributed by atoms with Crippen LogP contribution in [-0.2, 0) is 16.1 Å². The van der Waals surface area contributed by atoms with E-state index in [1.807, 2.05) is 32.0 Å². The Balaban J connectivity index is 1.62. The second kappa shape index (κ2) is 7.53. The second-order valence-electron chi connectivity index (χ2n) is 5.84. The zero-order chi connectivity index (χ0) is 18.7. The zero-order valence-electron chi connectivity index (χ0n) is 14.3. The molecule has 0 bridgehead atoms. The summed E-state index contributed by atoms with van der Waals surface area (Å²) in [7, 11) is 0. The largest absolute Gasteiger partial charge is 0.459 e. The number of hydrogen-bond acceptors (Lipinski definition) is 6. The fourth-order valence-electron chi connectivity index (χ4n) is 2.46. The van der Waals surface area contributed by atoms with Crippen molar-refractivity contribution in [1.29, 1.82) is 0 Å². The Bertz CT molecular complexity index is 1030. The van der Waals surface area contributed by atoms with Crippen LogP contribution in [0.5, 0.6) is 0 Å². The zero-order valence-corrected chi connectivity index (χ0v) is 15.1. The maximum absolute atomic E-state index is 11.9. The highest BCUT2D eigenvalue weighted by atomic mass is 32.1. The Morgan fingerprint density at radius 3 is 2.69 bits per heavy atom. The summed E-state index contributed by atoms with van der Waals surface area (Å²) in [5.74, 6) is -0.901. The van der Waals surface area contributed by atoms with Crippen molar-refractivity contribution in [1.82, 2.24) is 5.32 Å². The summed E-state index contributed by atoms with van der Waals surface area (Å²) in [6, 6.07) is 10.3. The molecule has 1 amide bonds. The molecule has 0 aliphatic heterocycles. The number of fused-ring (bicyclic) bond motifs is 1. The minimum Gasteiger partial charge on any atom is -0.459 e. The molecule has 0 aliphatic carbocycles. The summed E-state index contributed by atoms with van der Waals surface area (Å²) < 4.78 is 10.4. The topological polar surface area (TPSA) is 85.6 Å². The lowest BCUT2D eigenvalue weighted by molar-refractivity contribution is -0.143. The van der Waals surface area contributed by atoms with E-state index in [4.69, 9.17) is 9.15 Å². The van der Waals surface area contributed by atoms with Crippen LogP contribution < -0.4 is 10.9 Å². The van der Waals surface area contributed by atoms with E-state index >= 15 is 0 Å². The van der Waals surface area contributed by atoms with Crippen LogP contribution in [0.2, 0.25) is 0 Å². The SMILES string of the molecule is Cc1ccc2c(COC(=O)CNC(=O)c3ccc(C)s3)cc(=O)oc2c1. The summed E-state index contributed by atoms with van der Waals surface area (Å²) in [5.41, 5.74) is 1.46. The number of carbonyl (C=O) groups excluding carboxylic acids is 2. The van der Waals surface area contributed by atoms with Gasteiger partial charge in [0.05, 0.1) is 4.88 Å². The van der Waals surface area contributed by atoms with Gasteiger partial charge in [-0.3, -0.25) is 9.59 Å². The number of nitrogens with one attached hydrogen (secondary N) is 1. The first-order valence-electron chi connectivity index (χ1n) is 7.96. The summed E-state index contributed by atoms with van der Waals surface area (Å²) in [4.78, 5) is 37.0. The number of thiophene rings is 1. The summed E-state index contributed by atoms with van der Waals surface area (Å²) in [6.07, 6.45) is 0. The molecule has 2 aromatic heterocycles. The van der Waals surface area contributed by atoms with Crippen LogP contribution in [0, 0.1) is 13.8 Å². The Labute approximate surface area is 153 Å². The molecule has 26 heavy (non-hydrogen) atoms. The third-order valence-corrected chi connectivity index (χ3v) is 4.73. The van der Waals surface area contributed by atoms with Gasteiger partial charge in [0, 0.05) is 21.9 Å². The predicted molar refractivity (Wildman–Crippen MR) is 98.4 cm³/mol. The summed E-state index contributed by atoms with van der Waals surface area (Å²) in [5, 5.41) is 3.23. The van der Waals surface area contributed by atoms with Crippen molar-refractivity contribution >= 4 is 34.2 Å². The molecule has 3 rings (SSSR count). The first-order chi connectivity index (χ1) is 12.4. The van der Waals surface area contributed by atoms with Gasteiger partial charge >= 0.3 is 11.6 Å². The molecule has 6 nitrogen and oxygen atoms in total. The standard InChI is InChI=1S/C19H17NO5S/c1-11-3-5-14-13(8-17(21)25-15(14)7-11)10-24-18(22)9-20-19(23)16-6-4-12(2)26-16/h3-8H,9-10H2,1-2H3,(H,20,23). The van der Waals surface area contributed by atoms with E-state index in [2.05, 4.69) is 5.32 Å². The maximum Gasteiger partial charge on any atom is 0.336 e. The van der Waals surface area contributed by atoms with E-state index in [1.165, 1.54) is 17.4 Å². The van der Waals surface area contributed by atoms with Gasteiger partial charge in [-0.15, -0.1) is 11.3 Å². The lowest BCUT2D eigenvalue weighted by atomic mass is 10.1. The van der Waals surface area contributed by atoms with E-state index < -0.39 is 11.6 Å². The third kappa shape index (κ3) is 4.18. The highest BCUT2D eigenvalue weighted by molar-refractivity contribution is 7.13. The van der Waals surface area contributed by atoms with Crippen molar-refractivity contribution < 1.29 is 18.7 Å². The Hall–Kier alpha value is -2.93. The molecule has 134 valence electrons. The normalized spacial score (nSPS) is 10.7. The van der Waals surface area contributed by atoms with Gasteiger partial charge in [0.1, 0.15) is 18.7 Å². The fourth-order valence-corrected chi connectivity index (χ4v) is 3.25. The third-order valence-electron chi connectivity index (χ3n) is 3.73. The van der Waals surface area contributed by atoms with Gasteiger partial charge in [-0.1, -0.05) is 12.1 Å². The van der Waals surface area contributed by atoms with Crippen LogP contribution in [0.3, 0.4) is 0 Å². The van der Waals surface area contributed by atoms with Gasteiger partial charge in [-0.2, -0.15) is 0 Å². The molecule has 0 atom stereocenters. The van der Waals surface area contributed by atoms with Gasteiger partial charge in [0.2, 0.25) is 0 Å². The minimum absolute atomic E-state index is 0.0715. The number of aryl methyl sites for hydroxylation is 2. The number of benzene rings is 1. The summed E-state index contributed by atoms with van der Waals surface area (Å²) >= 11 is 1.35. The molecule has 1 aromatic carbocycles. The number of rotatable bonds is 5. The molecule has 0 spiro atoms. The first-order valence-corrected chi connectivity index (χ1v) is 8.77. The van der Waals surface area contributed by atoms with Crippen molar-refractivity contribution in [3.63, 3.8) is 0 Å². The van der Waals surface area contributed by atoms with Gasteiger partial charge in [0.25, 0.3) is 5.91 Å². The van der Waals surface area contributed by atoms with Gasteiger partial charge in [-0.05, 0) is 37.6 Å². The lowest BCUT2D eigenvalue weighted by Gasteiger charge is -2.08. The summed E-state index contributed by atoms with van der Waals surface area (Å²) in [6.45, 7) is 3.48. The highest BCUT2D eigenvalue weighted by Crippen LogP contribution is 2.19. The molecule has 0 aliphatic rings. The molecule has 1 N–H and O–H groups in total. The number of ether oxygens (including phenoxy) is 1. The second-order valence-corrected chi connectivity index (χ2v) is 7.13. The smallest absolute Gasteiger partial charge is 0.336 e. The maximum atomic E-state index is 11.9. The molecule has 3 aromatic rings. The molecule has 2 heterocycles. The molecule has 0 fully saturated rings. The Morgan fingerprint density at radius 2 is 1.96 bits per heavy atom. The quantitative estimate of drug-likeness (QED) is 0.550. The predicted octanol–water partition coefficient (Wildman–Crippen LogP) is 2.94. The van der Waals surface area contributed by atoms with Crippen LogP contribution in [0.1, 0.15) is 25.7 Å². The lowest BCUT2D eigenvalue weighted by Crippen LogP contribution is -2.30. The van der Waals surface area contributed by atoms with Gasteiger partial charge < -0.3 is 14.5 Å². The van der Waals surface area contributed by atoms with E-state index in [-0.39, 0.29) is 19.1 Å². The molecule has 0 unspecified atom stereocenters.